The molecule has 1 aliphatic rings. The van der Waals surface area contributed by atoms with Gasteiger partial charge in [-0.1, -0.05) is 11.6 Å². The third kappa shape index (κ3) is 2.55. The van der Waals surface area contributed by atoms with E-state index in [4.69, 9.17) is 16.7 Å². The number of amides is 1. The molecule has 1 aliphatic heterocycles. The van der Waals surface area contributed by atoms with Crippen molar-refractivity contribution in [3.63, 3.8) is 0 Å². The Labute approximate surface area is 117 Å². The lowest BCUT2D eigenvalue weighted by Crippen LogP contribution is -2.26. The van der Waals surface area contributed by atoms with E-state index in [0.717, 1.165) is 3.57 Å². The zero-order chi connectivity index (χ0) is 12.6. The fourth-order valence-corrected chi connectivity index (χ4v) is 2.59. The van der Waals surface area contributed by atoms with Gasteiger partial charge in [-0.15, -0.1) is 0 Å². The van der Waals surface area contributed by atoms with Gasteiger partial charge in [0.15, 0.2) is 0 Å². The maximum atomic E-state index is 11.8. The molecule has 1 amide bonds. The molecular weight excluding hydrogens is 356 g/mol. The maximum Gasteiger partial charge on any atom is 0.308 e. The lowest BCUT2D eigenvalue weighted by molar-refractivity contribution is -0.141. The maximum absolute atomic E-state index is 11.8. The standard InChI is InChI=1S/C11H9ClINO3/c12-7-1-2-8(13)9(4-7)14-5-6(11(16)17)3-10(14)15/h1-2,4,6H,3,5H2,(H,16,17). The van der Waals surface area contributed by atoms with Crippen LogP contribution in [0.4, 0.5) is 5.69 Å². The van der Waals surface area contributed by atoms with Crippen LogP contribution in [0.25, 0.3) is 0 Å². The first-order valence-corrected chi connectivity index (χ1v) is 6.43. The molecule has 0 aliphatic carbocycles. The van der Waals surface area contributed by atoms with Gasteiger partial charge >= 0.3 is 5.97 Å². The third-order valence-corrected chi connectivity index (χ3v) is 3.82. The van der Waals surface area contributed by atoms with E-state index in [1.165, 1.54) is 4.90 Å². The molecule has 4 nitrogen and oxygen atoms in total. The summed E-state index contributed by atoms with van der Waals surface area (Å²) in [6.07, 6.45) is 0.0535. The Morgan fingerprint density at radius 2 is 2.24 bits per heavy atom. The van der Waals surface area contributed by atoms with Crippen molar-refractivity contribution in [1.82, 2.24) is 0 Å². The van der Waals surface area contributed by atoms with Crippen LogP contribution in [0.5, 0.6) is 0 Å². The highest BCUT2D eigenvalue weighted by Gasteiger charge is 2.35. The number of nitrogens with zero attached hydrogens (tertiary/aromatic N) is 1. The molecular formula is C11H9ClINO3. The number of anilines is 1. The molecule has 0 saturated carbocycles. The molecule has 0 radical (unpaired) electrons. The fraction of sp³-hybridized carbons (Fsp3) is 0.273. The monoisotopic (exact) mass is 365 g/mol. The minimum Gasteiger partial charge on any atom is -0.481 e. The van der Waals surface area contributed by atoms with Crippen molar-refractivity contribution in [2.75, 3.05) is 11.4 Å². The number of hydrogen-bond donors (Lipinski definition) is 1. The molecule has 90 valence electrons. The van der Waals surface area contributed by atoms with E-state index in [0.29, 0.717) is 10.7 Å². The lowest BCUT2D eigenvalue weighted by atomic mass is 10.1. The van der Waals surface area contributed by atoms with E-state index in [2.05, 4.69) is 22.6 Å². The minimum atomic E-state index is -0.933. The number of aliphatic carboxylic acids is 1. The minimum absolute atomic E-state index is 0.0535. The van der Waals surface area contributed by atoms with Gasteiger partial charge < -0.3 is 10.0 Å². The molecule has 17 heavy (non-hydrogen) atoms. The van der Waals surface area contributed by atoms with Gasteiger partial charge in [0.2, 0.25) is 5.91 Å². The van der Waals surface area contributed by atoms with Gasteiger partial charge in [0.1, 0.15) is 0 Å². The Balaban J connectivity index is 2.32. The lowest BCUT2D eigenvalue weighted by Gasteiger charge is -2.18. The van der Waals surface area contributed by atoms with E-state index < -0.39 is 11.9 Å². The predicted molar refractivity (Wildman–Crippen MR) is 72.3 cm³/mol. The second-order valence-electron chi connectivity index (χ2n) is 3.84. The van der Waals surface area contributed by atoms with Crippen LogP contribution in [0.3, 0.4) is 0 Å². The second kappa shape index (κ2) is 4.81. The molecule has 1 aromatic rings. The van der Waals surface area contributed by atoms with Gasteiger partial charge in [-0.3, -0.25) is 9.59 Å². The van der Waals surface area contributed by atoms with Crippen molar-refractivity contribution in [1.29, 1.82) is 0 Å². The van der Waals surface area contributed by atoms with Crippen LogP contribution < -0.4 is 4.90 Å². The van der Waals surface area contributed by atoms with Gasteiger partial charge in [-0.2, -0.15) is 0 Å². The number of benzene rings is 1. The topological polar surface area (TPSA) is 57.6 Å². The van der Waals surface area contributed by atoms with Crippen LogP contribution in [0.1, 0.15) is 6.42 Å². The van der Waals surface area contributed by atoms with Crippen molar-refractivity contribution in [3.8, 4) is 0 Å². The molecule has 1 aromatic carbocycles. The average molecular weight is 366 g/mol. The quantitative estimate of drug-likeness (QED) is 0.819. The van der Waals surface area contributed by atoms with E-state index in [1.54, 1.807) is 18.2 Å². The molecule has 1 heterocycles. The summed E-state index contributed by atoms with van der Waals surface area (Å²) in [6, 6.07) is 5.23. The van der Waals surface area contributed by atoms with Crippen LogP contribution >= 0.6 is 34.2 Å². The Hall–Kier alpha value is -0.820. The molecule has 1 saturated heterocycles. The number of carbonyl (C=O) groups excluding carboxylic acids is 1. The third-order valence-electron chi connectivity index (χ3n) is 2.67. The summed E-state index contributed by atoms with van der Waals surface area (Å²) in [5.41, 5.74) is 0.687. The van der Waals surface area contributed by atoms with Crippen molar-refractivity contribution in [3.05, 3.63) is 26.8 Å². The first kappa shape index (κ1) is 12.6. The summed E-state index contributed by atoms with van der Waals surface area (Å²) < 4.78 is 0.881. The van der Waals surface area contributed by atoms with Crippen molar-refractivity contribution in [2.24, 2.45) is 5.92 Å². The number of carboxylic acid groups (broad SMARTS) is 1. The SMILES string of the molecule is O=C(O)C1CC(=O)N(c2cc(Cl)ccc2I)C1. The van der Waals surface area contributed by atoms with Crippen molar-refractivity contribution >= 4 is 51.8 Å². The number of carboxylic acids is 1. The summed E-state index contributed by atoms with van der Waals surface area (Å²) >= 11 is 7.99. The van der Waals surface area contributed by atoms with Crippen LogP contribution in [-0.4, -0.2) is 23.5 Å². The highest BCUT2D eigenvalue weighted by atomic mass is 127. The van der Waals surface area contributed by atoms with Crippen LogP contribution in [0, 0.1) is 9.49 Å². The fourth-order valence-electron chi connectivity index (χ4n) is 1.80. The van der Waals surface area contributed by atoms with Gasteiger partial charge in [0, 0.05) is 21.6 Å². The molecule has 1 unspecified atom stereocenters. The number of carbonyl (C=O) groups is 2. The average Bonchev–Trinajstić information content (AvgIpc) is 2.64. The normalized spacial score (nSPS) is 19.8. The van der Waals surface area contributed by atoms with E-state index in [-0.39, 0.29) is 18.9 Å². The Morgan fingerprint density at radius 1 is 1.53 bits per heavy atom. The smallest absolute Gasteiger partial charge is 0.308 e. The van der Waals surface area contributed by atoms with Gasteiger partial charge in [-0.25, -0.2) is 0 Å². The molecule has 2 rings (SSSR count). The summed E-state index contributed by atoms with van der Waals surface area (Å²) in [5, 5.41) is 9.45. The summed E-state index contributed by atoms with van der Waals surface area (Å²) in [4.78, 5) is 24.1. The number of hydrogen-bond acceptors (Lipinski definition) is 2. The van der Waals surface area contributed by atoms with Gasteiger partial charge in [-0.05, 0) is 40.8 Å². The van der Waals surface area contributed by atoms with E-state index in [9.17, 15) is 9.59 Å². The van der Waals surface area contributed by atoms with Crippen LogP contribution in [0.15, 0.2) is 18.2 Å². The highest BCUT2D eigenvalue weighted by Crippen LogP contribution is 2.31. The first-order chi connectivity index (χ1) is 7.99. The van der Waals surface area contributed by atoms with E-state index >= 15 is 0 Å². The zero-order valence-corrected chi connectivity index (χ0v) is 11.6. The molecule has 1 N–H and O–H groups in total. The highest BCUT2D eigenvalue weighted by molar-refractivity contribution is 14.1. The van der Waals surface area contributed by atoms with Gasteiger partial charge in [0.25, 0.3) is 0 Å². The number of halogens is 2. The van der Waals surface area contributed by atoms with Crippen LogP contribution in [-0.2, 0) is 9.59 Å². The molecule has 0 aromatic heterocycles. The molecule has 0 bridgehead atoms. The van der Waals surface area contributed by atoms with Crippen molar-refractivity contribution < 1.29 is 14.7 Å². The Bertz CT molecular complexity index is 492. The van der Waals surface area contributed by atoms with E-state index in [1.807, 2.05) is 0 Å². The molecule has 6 heteroatoms. The largest absolute Gasteiger partial charge is 0.481 e. The predicted octanol–water partition coefficient (Wildman–Crippen LogP) is 2.38. The molecule has 0 spiro atoms. The zero-order valence-electron chi connectivity index (χ0n) is 8.69. The first-order valence-electron chi connectivity index (χ1n) is 4.97. The summed E-state index contributed by atoms with van der Waals surface area (Å²) in [6.45, 7) is 0.213. The van der Waals surface area contributed by atoms with Gasteiger partial charge in [0.05, 0.1) is 11.6 Å². The number of rotatable bonds is 2. The Kier molecular flexibility index (Phi) is 3.58. The van der Waals surface area contributed by atoms with Crippen LogP contribution in [0.2, 0.25) is 5.02 Å². The molecule has 1 fully saturated rings. The molecule has 1 atom stereocenters. The summed E-state index contributed by atoms with van der Waals surface area (Å²) in [7, 11) is 0. The summed E-state index contributed by atoms with van der Waals surface area (Å²) in [5.74, 6) is -1.73. The second-order valence-corrected chi connectivity index (χ2v) is 5.44. The van der Waals surface area contributed by atoms with Crippen molar-refractivity contribution in [2.45, 2.75) is 6.42 Å². The Morgan fingerprint density at radius 3 is 2.82 bits per heavy atom.